The summed E-state index contributed by atoms with van der Waals surface area (Å²) in [5.74, 6) is 3.54. The molecule has 0 aromatic carbocycles. The molecule has 2 fully saturated rings. The largest absolute Gasteiger partial charge is 0.481 e. The third kappa shape index (κ3) is 6.49. The van der Waals surface area contributed by atoms with Crippen LogP contribution in [-0.4, -0.2) is 35.3 Å². The summed E-state index contributed by atoms with van der Waals surface area (Å²) in [5, 5.41) is 8.60. The smallest absolute Gasteiger partial charge is 0.303 e. The van der Waals surface area contributed by atoms with Crippen molar-refractivity contribution < 1.29 is 14.6 Å². The molecule has 1 saturated carbocycles. The fourth-order valence-electron chi connectivity index (χ4n) is 2.91. The van der Waals surface area contributed by atoms with Gasteiger partial charge in [0.05, 0.1) is 12.7 Å². The van der Waals surface area contributed by atoms with E-state index in [1.807, 2.05) is 0 Å². The van der Waals surface area contributed by atoms with E-state index in [4.69, 9.17) is 9.84 Å². The van der Waals surface area contributed by atoms with Gasteiger partial charge in [0.1, 0.15) is 0 Å². The van der Waals surface area contributed by atoms with E-state index in [-0.39, 0.29) is 0 Å². The summed E-state index contributed by atoms with van der Waals surface area (Å²) in [4.78, 5) is 10.4. The Morgan fingerprint density at radius 1 is 1.10 bits per heavy atom. The molecule has 1 aliphatic heterocycles. The molecule has 1 saturated heterocycles. The van der Waals surface area contributed by atoms with Crippen molar-refractivity contribution in [3.63, 3.8) is 0 Å². The molecule has 0 amide bonds. The van der Waals surface area contributed by atoms with Crippen molar-refractivity contribution in [2.45, 2.75) is 63.9 Å². The summed E-state index contributed by atoms with van der Waals surface area (Å²) in [6, 6.07) is 0. The number of thioether (sulfide) groups is 1. The van der Waals surface area contributed by atoms with Crippen molar-refractivity contribution in [2.75, 3.05) is 18.1 Å². The van der Waals surface area contributed by atoms with E-state index >= 15 is 0 Å². The fourth-order valence-corrected chi connectivity index (χ4v) is 4.29. The molecule has 4 heteroatoms. The van der Waals surface area contributed by atoms with Crippen LogP contribution >= 0.6 is 11.8 Å². The van der Waals surface area contributed by atoms with Gasteiger partial charge in [-0.05, 0) is 55.4 Å². The SMILES string of the molecule is O=C(O)CCCCCC[C@H]1CSCC[C@@H]1COC1CC1. The van der Waals surface area contributed by atoms with Crippen LogP contribution in [0, 0.1) is 11.8 Å². The summed E-state index contributed by atoms with van der Waals surface area (Å²) < 4.78 is 5.92. The Bertz CT molecular complexity index is 291. The minimum atomic E-state index is -0.661. The van der Waals surface area contributed by atoms with Gasteiger partial charge in [-0.25, -0.2) is 0 Å². The Morgan fingerprint density at radius 3 is 2.65 bits per heavy atom. The number of hydrogen-bond donors (Lipinski definition) is 1. The molecule has 2 rings (SSSR count). The number of aliphatic carboxylic acids is 1. The molecule has 20 heavy (non-hydrogen) atoms. The van der Waals surface area contributed by atoms with Gasteiger partial charge in [0.2, 0.25) is 0 Å². The van der Waals surface area contributed by atoms with Gasteiger partial charge >= 0.3 is 5.97 Å². The first kappa shape index (κ1) is 16.2. The number of ether oxygens (including phenoxy) is 1. The number of carboxylic acid groups (broad SMARTS) is 1. The van der Waals surface area contributed by atoms with Gasteiger partial charge in [-0.3, -0.25) is 4.79 Å². The van der Waals surface area contributed by atoms with Crippen molar-refractivity contribution >= 4 is 17.7 Å². The highest BCUT2D eigenvalue weighted by molar-refractivity contribution is 7.99. The van der Waals surface area contributed by atoms with E-state index in [0.29, 0.717) is 12.5 Å². The highest BCUT2D eigenvalue weighted by Gasteiger charge is 2.28. The zero-order valence-corrected chi connectivity index (χ0v) is 13.2. The number of rotatable bonds is 10. The van der Waals surface area contributed by atoms with Crippen LogP contribution in [0.1, 0.15) is 57.8 Å². The Balaban J connectivity index is 1.55. The first-order valence-electron chi connectivity index (χ1n) is 8.17. The average molecular weight is 300 g/mol. The second kappa shape index (κ2) is 8.93. The predicted molar refractivity (Wildman–Crippen MR) is 83.2 cm³/mol. The standard InChI is InChI=1S/C16H28O3S/c17-16(18)6-4-2-1-3-5-14-12-20-10-9-13(14)11-19-15-7-8-15/h13-15H,1-12H2,(H,17,18)/t13-,14+/m1/s1. The lowest BCUT2D eigenvalue weighted by Crippen LogP contribution is -2.27. The second-order valence-electron chi connectivity index (χ2n) is 6.26. The first-order valence-corrected chi connectivity index (χ1v) is 9.32. The third-order valence-corrected chi connectivity index (χ3v) is 5.61. The van der Waals surface area contributed by atoms with Crippen molar-refractivity contribution in [1.29, 1.82) is 0 Å². The highest BCUT2D eigenvalue weighted by Crippen LogP contribution is 2.34. The maximum absolute atomic E-state index is 10.4. The molecule has 116 valence electrons. The molecular weight excluding hydrogens is 272 g/mol. The van der Waals surface area contributed by atoms with E-state index in [1.54, 1.807) is 0 Å². The zero-order valence-electron chi connectivity index (χ0n) is 12.4. The molecule has 1 aliphatic carbocycles. The maximum Gasteiger partial charge on any atom is 0.303 e. The summed E-state index contributed by atoms with van der Waals surface area (Å²) in [5.41, 5.74) is 0. The van der Waals surface area contributed by atoms with Gasteiger partial charge in [0, 0.05) is 6.42 Å². The third-order valence-electron chi connectivity index (χ3n) is 4.42. The lowest BCUT2D eigenvalue weighted by atomic mass is 9.87. The monoisotopic (exact) mass is 300 g/mol. The predicted octanol–water partition coefficient (Wildman–Crippen LogP) is 3.96. The summed E-state index contributed by atoms with van der Waals surface area (Å²) in [6.45, 7) is 0.981. The van der Waals surface area contributed by atoms with Gasteiger partial charge in [-0.1, -0.05) is 19.3 Å². The average Bonchev–Trinajstić information content (AvgIpc) is 3.25. The summed E-state index contributed by atoms with van der Waals surface area (Å²) >= 11 is 2.10. The maximum atomic E-state index is 10.4. The lowest BCUT2D eigenvalue weighted by Gasteiger charge is -2.31. The molecule has 0 spiro atoms. The Labute approximate surface area is 126 Å². The Morgan fingerprint density at radius 2 is 1.90 bits per heavy atom. The van der Waals surface area contributed by atoms with Crippen LogP contribution in [0.4, 0.5) is 0 Å². The summed E-state index contributed by atoms with van der Waals surface area (Å²) in [6.07, 6.45) is 10.4. The molecule has 1 heterocycles. The molecule has 0 unspecified atom stereocenters. The van der Waals surface area contributed by atoms with E-state index < -0.39 is 5.97 Å². The van der Waals surface area contributed by atoms with Gasteiger partial charge in [0.25, 0.3) is 0 Å². The molecule has 0 radical (unpaired) electrons. The topological polar surface area (TPSA) is 46.5 Å². The number of unbranched alkanes of at least 4 members (excludes halogenated alkanes) is 3. The van der Waals surface area contributed by atoms with Crippen LogP contribution in [0.15, 0.2) is 0 Å². The summed E-state index contributed by atoms with van der Waals surface area (Å²) in [7, 11) is 0. The normalized spacial score (nSPS) is 26.6. The molecule has 2 aliphatic rings. The van der Waals surface area contributed by atoms with E-state index in [2.05, 4.69) is 11.8 Å². The van der Waals surface area contributed by atoms with Gasteiger partial charge in [-0.15, -0.1) is 0 Å². The molecule has 2 atom stereocenters. The van der Waals surface area contributed by atoms with Crippen LogP contribution in [0.25, 0.3) is 0 Å². The molecule has 0 bridgehead atoms. The quantitative estimate of drug-likeness (QED) is 0.620. The lowest BCUT2D eigenvalue weighted by molar-refractivity contribution is -0.137. The minimum Gasteiger partial charge on any atom is -0.481 e. The van der Waals surface area contributed by atoms with E-state index in [0.717, 1.165) is 31.3 Å². The van der Waals surface area contributed by atoms with Crippen LogP contribution in [-0.2, 0) is 9.53 Å². The molecular formula is C16H28O3S. The van der Waals surface area contributed by atoms with Crippen molar-refractivity contribution in [3.8, 4) is 0 Å². The molecule has 1 N–H and O–H groups in total. The van der Waals surface area contributed by atoms with Crippen molar-refractivity contribution in [2.24, 2.45) is 11.8 Å². The molecule has 0 aromatic rings. The van der Waals surface area contributed by atoms with Crippen LogP contribution < -0.4 is 0 Å². The van der Waals surface area contributed by atoms with E-state index in [1.165, 1.54) is 50.0 Å². The molecule has 3 nitrogen and oxygen atoms in total. The fraction of sp³-hybridized carbons (Fsp3) is 0.938. The van der Waals surface area contributed by atoms with Gasteiger partial charge in [0.15, 0.2) is 0 Å². The Kier molecular flexibility index (Phi) is 7.22. The van der Waals surface area contributed by atoms with Crippen molar-refractivity contribution in [1.82, 2.24) is 0 Å². The van der Waals surface area contributed by atoms with Crippen LogP contribution in [0.3, 0.4) is 0 Å². The van der Waals surface area contributed by atoms with E-state index in [9.17, 15) is 4.79 Å². The first-order chi connectivity index (χ1) is 9.75. The number of carbonyl (C=O) groups is 1. The second-order valence-corrected chi connectivity index (χ2v) is 7.41. The van der Waals surface area contributed by atoms with Crippen LogP contribution in [0.5, 0.6) is 0 Å². The zero-order chi connectivity index (χ0) is 14.2. The number of hydrogen-bond acceptors (Lipinski definition) is 3. The minimum absolute atomic E-state index is 0.330. The number of carboxylic acids is 1. The highest BCUT2D eigenvalue weighted by atomic mass is 32.2. The van der Waals surface area contributed by atoms with Crippen LogP contribution in [0.2, 0.25) is 0 Å². The van der Waals surface area contributed by atoms with Crippen molar-refractivity contribution in [3.05, 3.63) is 0 Å². The molecule has 0 aromatic heterocycles. The van der Waals surface area contributed by atoms with Gasteiger partial charge < -0.3 is 9.84 Å². The van der Waals surface area contributed by atoms with Gasteiger partial charge in [-0.2, -0.15) is 11.8 Å². The Hall–Kier alpha value is -0.220.